The largest absolute Gasteiger partial charge is 0.454 e. The van der Waals surface area contributed by atoms with Crippen molar-refractivity contribution in [2.45, 2.75) is 0 Å². The predicted molar refractivity (Wildman–Crippen MR) is 362 cm³/mol. The van der Waals surface area contributed by atoms with Gasteiger partial charge in [0.05, 0.1) is 37.3 Å². The molecule has 6 heterocycles. The molecule has 0 amide bonds. The van der Waals surface area contributed by atoms with Gasteiger partial charge in [0.2, 0.25) is 0 Å². The van der Waals surface area contributed by atoms with E-state index in [-0.39, 0.29) is 0 Å². The van der Waals surface area contributed by atoms with Crippen LogP contribution in [0.5, 0.6) is 0 Å². The van der Waals surface area contributed by atoms with E-state index in [1.807, 2.05) is 22.7 Å². The molecule has 85 heavy (non-hydrogen) atoms. The second kappa shape index (κ2) is 17.9. The molecule has 0 saturated carbocycles. The molecule has 0 atom stereocenters. The van der Waals surface area contributed by atoms with E-state index in [1.54, 1.807) is 0 Å². The fourth-order valence-corrected chi connectivity index (χ4v) is 16.5. The van der Waals surface area contributed by atoms with E-state index in [2.05, 4.69) is 287 Å². The standard InChI is InChI=1S/C78H45N3O2S2/c1-3-22-48(23-4-1)79(64-36-18-32-56-54-30-9-13-40-68(54)84-77(56)64)50-26-15-20-46(42-50)60-44-62-52-28-7-11-38-66(52)82-75(62)73-70(60)58-34-17-35-59-71-61(45-63-53-29-8-12-39-67(53)83-76(63)74(71)81(73)72(58)59)47-21-16-27-51(43-47)80(49-24-5-2-6-25-49)65-37-19-33-57-55-31-10-14-41-69(55)85-78(57)65/h1-45H. The molecule has 7 heteroatoms. The van der Waals surface area contributed by atoms with Crippen LogP contribution in [-0.2, 0) is 0 Å². The van der Waals surface area contributed by atoms with Crippen LogP contribution in [0.4, 0.5) is 34.1 Å². The summed E-state index contributed by atoms with van der Waals surface area (Å²) in [6.45, 7) is 0. The van der Waals surface area contributed by atoms with Crippen LogP contribution >= 0.6 is 22.7 Å². The second-order valence-electron chi connectivity index (χ2n) is 22.2. The monoisotopic (exact) mass is 1120 g/mol. The van der Waals surface area contributed by atoms with Gasteiger partial charge in [0, 0.05) is 96.8 Å². The molecule has 13 aromatic carbocycles. The number of thiophene rings is 2. The fraction of sp³-hybridized carbons (Fsp3) is 0. The van der Waals surface area contributed by atoms with Crippen LogP contribution in [0.2, 0.25) is 0 Å². The van der Waals surface area contributed by atoms with Gasteiger partial charge in [0.15, 0.2) is 11.2 Å². The Bertz CT molecular complexity index is 5590. The Hall–Kier alpha value is -10.7. The molecule has 19 rings (SSSR count). The molecule has 5 nitrogen and oxygen atoms in total. The lowest BCUT2D eigenvalue weighted by molar-refractivity contribution is 0.670. The molecule has 0 aliphatic heterocycles. The van der Waals surface area contributed by atoms with Crippen molar-refractivity contribution in [3.05, 3.63) is 273 Å². The van der Waals surface area contributed by atoms with Crippen LogP contribution in [0.15, 0.2) is 282 Å². The molecule has 0 bridgehead atoms. The summed E-state index contributed by atoms with van der Waals surface area (Å²) in [5, 5.41) is 13.9. The van der Waals surface area contributed by atoms with Crippen molar-refractivity contribution in [3.63, 3.8) is 0 Å². The molecule has 0 unspecified atom stereocenters. The van der Waals surface area contributed by atoms with Gasteiger partial charge < -0.3 is 23.0 Å². The minimum absolute atomic E-state index is 0.846. The van der Waals surface area contributed by atoms with Gasteiger partial charge in [-0.15, -0.1) is 22.7 Å². The van der Waals surface area contributed by atoms with Gasteiger partial charge in [-0.05, 0) is 119 Å². The first-order valence-electron chi connectivity index (χ1n) is 28.8. The summed E-state index contributed by atoms with van der Waals surface area (Å²) < 4.78 is 22.0. The first-order valence-corrected chi connectivity index (χ1v) is 30.4. The highest BCUT2D eigenvalue weighted by atomic mass is 32.1. The van der Waals surface area contributed by atoms with Crippen LogP contribution in [-0.4, -0.2) is 4.40 Å². The average Bonchev–Trinajstić information content (AvgIpc) is 1.55. The van der Waals surface area contributed by atoms with Gasteiger partial charge in [0.1, 0.15) is 11.2 Å². The third kappa shape index (κ3) is 6.73. The molecule has 6 aromatic heterocycles. The summed E-state index contributed by atoms with van der Waals surface area (Å²) in [4.78, 5) is 4.87. The molecule has 0 N–H and O–H groups in total. The van der Waals surface area contributed by atoms with Crippen molar-refractivity contribution in [3.8, 4) is 22.3 Å². The molecule has 0 aliphatic rings. The van der Waals surface area contributed by atoms with E-state index in [0.717, 1.165) is 138 Å². The number of hydrogen-bond acceptors (Lipinski definition) is 6. The van der Waals surface area contributed by atoms with E-state index < -0.39 is 0 Å². The first-order chi connectivity index (χ1) is 42.2. The fourth-order valence-electron chi connectivity index (χ4n) is 14.1. The maximum Gasteiger partial charge on any atom is 0.160 e. The minimum atomic E-state index is 0.846. The van der Waals surface area contributed by atoms with Crippen molar-refractivity contribution in [1.82, 2.24) is 4.40 Å². The summed E-state index contributed by atoms with van der Waals surface area (Å²) in [7, 11) is 0. The number of aromatic nitrogens is 1. The number of para-hydroxylation sites is 5. The van der Waals surface area contributed by atoms with Gasteiger partial charge in [-0.2, -0.15) is 0 Å². The summed E-state index contributed by atoms with van der Waals surface area (Å²) in [6, 6.07) is 99.5. The average molecular weight is 1120 g/mol. The van der Waals surface area contributed by atoms with Crippen molar-refractivity contribution >= 4 is 179 Å². The maximum absolute atomic E-state index is 7.21. The number of hydrogen-bond donors (Lipinski definition) is 0. The first kappa shape index (κ1) is 46.9. The highest BCUT2D eigenvalue weighted by Gasteiger charge is 2.30. The molecular formula is C78H45N3O2S2. The SMILES string of the molecule is c1ccc(N(c2cccc(-c3cc4c5ccccc5oc4c4c3c3cccc5c6c(-c7cccc(N(c8ccccc8)c8cccc9c8sc8ccccc89)c7)cc7c8ccccc8oc7c6n4c35)c2)c2cccc3c2sc2ccccc23)cc1. The number of nitrogens with zero attached hydrogens (tertiary/aromatic N) is 3. The predicted octanol–water partition coefficient (Wildman–Crippen LogP) is 23.6. The highest BCUT2D eigenvalue weighted by molar-refractivity contribution is 7.26. The van der Waals surface area contributed by atoms with Gasteiger partial charge in [0.25, 0.3) is 0 Å². The van der Waals surface area contributed by atoms with Crippen molar-refractivity contribution in [2.24, 2.45) is 0 Å². The molecule has 19 aromatic rings. The second-order valence-corrected chi connectivity index (χ2v) is 24.3. The van der Waals surface area contributed by atoms with Gasteiger partial charge >= 0.3 is 0 Å². The zero-order valence-corrected chi connectivity index (χ0v) is 47.1. The van der Waals surface area contributed by atoms with Crippen LogP contribution in [0.3, 0.4) is 0 Å². The van der Waals surface area contributed by atoms with Crippen molar-refractivity contribution < 1.29 is 8.83 Å². The van der Waals surface area contributed by atoms with Crippen LogP contribution in [0, 0.1) is 0 Å². The van der Waals surface area contributed by atoms with E-state index in [1.165, 1.54) is 40.3 Å². The Kier molecular flexibility index (Phi) is 9.87. The van der Waals surface area contributed by atoms with E-state index in [4.69, 9.17) is 8.83 Å². The smallest absolute Gasteiger partial charge is 0.160 e. The van der Waals surface area contributed by atoms with E-state index in [9.17, 15) is 0 Å². The number of anilines is 6. The summed E-state index contributed by atoms with van der Waals surface area (Å²) >= 11 is 3.71. The Morgan fingerprint density at radius 2 is 0.659 bits per heavy atom. The van der Waals surface area contributed by atoms with Gasteiger partial charge in [-0.1, -0.05) is 176 Å². The molecule has 0 fully saturated rings. The van der Waals surface area contributed by atoms with Crippen LogP contribution < -0.4 is 9.80 Å². The molecular weight excluding hydrogens is 1080 g/mol. The van der Waals surface area contributed by atoms with Crippen LogP contribution in [0.1, 0.15) is 0 Å². The molecule has 0 aliphatic carbocycles. The number of fused-ring (bicyclic) bond motifs is 20. The quantitative estimate of drug-likeness (QED) is 0.152. The Labute approximate surface area is 494 Å². The molecule has 0 radical (unpaired) electrons. The Morgan fingerprint density at radius 3 is 1.14 bits per heavy atom. The van der Waals surface area contributed by atoms with Crippen molar-refractivity contribution in [2.75, 3.05) is 9.80 Å². The minimum Gasteiger partial charge on any atom is -0.454 e. The summed E-state index contributed by atoms with van der Waals surface area (Å²) in [5.74, 6) is 0. The third-order valence-corrected chi connectivity index (χ3v) is 20.1. The Balaban J connectivity index is 0.891. The van der Waals surface area contributed by atoms with Gasteiger partial charge in [-0.25, -0.2) is 0 Å². The molecule has 396 valence electrons. The number of furan rings is 2. The maximum atomic E-state index is 7.21. The zero-order chi connectivity index (χ0) is 55.4. The van der Waals surface area contributed by atoms with Crippen molar-refractivity contribution in [1.29, 1.82) is 0 Å². The topological polar surface area (TPSA) is 37.2 Å². The summed E-state index contributed by atoms with van der Waals surface area (Å²) in [5.41, 5.74) is 17.7. The zero-order valence-electron chi connectivity index (χ0n) is 45.5. The number of rotatable bonds is 8. The van der Waals surface area contributed by atoms with E-state index >= 15 is 0 Å². The van der Waals surface area contributed by atoms with E-state index in [0.29, 0.717) is 0 Å². The highest BCUT2D eigenvalue weighted by Crippen LogP contribution is 2.54. The molecule has 0 saturated heterocycles. The van der Waals surface area contributed by atoms with Gasteiger partial charge in [-0.3, -0.25) is 0 Å². The lowest BCUT2D eigenvalue weighted by Gasteiger charge is -2.26. The number of benzene rings is 13. The normalized spacial score (nSPS) is 12.2. The third-order valence-electron chi connectivity index (χ3n) is 17.6. The molecule has 0 spiro atoms. The lowest BCUT2D eigenvalue weighted by Crippen LogP contribution is -2.10. The summed E-state index contributed by atoms with van der Waals surface area (Å²) in [6.07, 6.45) is 0. The van der Waals surface area contributed by atoms with Crippen LogP contribution in [0.25, 0.3) is 145 Å². The lowest BCUT2D eigenvalue weighted by atomic mass is 9.93. The Morgan fingerprint density at radius 1 is 0.282 bits per heavy atom.